The third kappa shape index (κ3) is 7.51. The van der Waals surface area contributed by atoms with Crippen molar-refractivity contribution in [3.8, 4) is 0 Å². The van der Waals surface area contributed by atoms with E-state index in [2.05, 4.69) is 30.4 Å². The van der Waals surface area contributed by atoms with Crippen molar-refractivity contribution >= 4 is 29.4 Å². The third-order valence-corrected chi connectivity index (χ3v) is 6.79. The molecule has 1 unspecified atom stereocenters. The fourth-order valence-corrected chi connectivity index (χ4v) is 4.64. The van der Waals surface area contributed by atoms with E-state index in [9.17, 15) is 14.4 Å². The normalized spacial score (nSPS) is 22.1. The van der Waals surface area contributed by atoms with Gasteiger partial charge >= 0.3 is 11.9 Å². The zero-order valence-electron chi connectivity index (χ0n) is 18.3. The minimum absolute atomic E-state index is 0.0115. The highest BCUT2D eigenvalue weighted by molar-refractivity contribution is 6.31. The predicted molar refractivity (Wildman–Crippen MR) is 119 cm³/mol. The fraction of sp³-hybridized carbons (Fsp3) is 0.609. The van der Waals surface area contributed by atoms with Crippen molar-refractivity contribution in [2.75, 3.05) is 14.1 Å². The number of nitrogens with zero attached hydrogens (tertiary/aromatic N) is 1. The van der Waals surface area contributed by atoms with E-state index in [4.69, 9.17) is 21.8 Å². The van der Waals surface area contributed by atoms with E-state index >= 15 is 0 Å². The van der Waals surface area contributed by atoms with Crippen molar-refractivity contribution in [1.29, 1.82) is 0 Å². The van der Waals surface area contributed by atoms with E-state index in [0.717, 1.165) is 42.7 Å². The second-order valence-electron chi connectivity index (χ2n) is 8.75. The summed E-state index contributed by atoms with van der Waals surface area (Å²) in [6, 6.07) is 7.85. The van der Waals surface area contributed by atoms with Gasteiger partial charge in [0.15, 0.2) is 0 Å². The standard InChI is InChI=1S/C23H33ClN2O5/c1-26(2)23(15-17-6-3-4-8-19(17)24)12-10-18(11-13-23)25-22(31)16(14-21(29)30)7-5-9-20(27)28/h3-4,6,8,16,18H,5,7,9-15H2,1-2H3,(H,25,31)(H,27,28)(H,29,30). The van der Waals surface area contributed by atoms with E-state index in [-0.39, 0.29) is 43.2 Å². The maximum atomic E-state index is 12.7. The number of rotatable bonds is 11. The van der Waals surface area contributed by atoms with Crippen LogP contribution in [0.25, 0.3) is 0 Å². The van der Waals surface area contributed by atoms with Crippen molar-refractivity contribution in [2.45, 2.75) is 69.4 Å². The maximum absolute atomic E-state index is 12.7. The van der Waals surface area contributed by atoms with Crippen LogP contribution in [-0.4, -0.2) is 58.6 Å². The average Bonchev–Trinajstić information content (AvgIpc) is 2.69. The van der Waals surface area contributed by atoms with Crippen LogP contribution in [0.5, 0.6) is 0 Å². The number of nitrogens with one attached hydrogen (secondary N) is 1. The molecule has 0 aliphatic heterocycles. The Hall–Kier alpha value is -2.12. The third-order valence-electron chi connectivity index (χ3n) is 6.42. The Morgan fingerprint density at radius 1 is 1.16 bits per heavy atom. The van der Waals surface area contributed by atoms with Crippen molar-refractivity contribution in [2.24, 2.45) is 5.92 Å². The number of hydrogen-bond acceptors (Lipinski definition) is 4. The summed E-state index contributed by atoms with van der Waals surface area (Å²) in [5, 5.41) is 21.7. The molecule has 8 heteroatoms. The van der Waals surface area contributed by atoms with Crippen LogP contribution in [0, 0.1) is 5.92 Å². The first kappa shape index (κ1) is 25.1. The fourth-order valence-electron chi connectivity index (χ4n) is 4.43. The van der Waals surface area contributed by atoms with Gasteiger partial charge in [-0.1, -0.05) is 29.8 Å². The molecule has 172 valence electrons. The van der Waals surface area contributed by atoms with Crippen LogP contribution >= 0.6 is 11.6 Å². The van der Waals surface area contributed by atoms with Gasteiger partial charge in [-0.3, -0.25) is 14.4 Å². The summed E-state index contributed by atoms with van der Waals surface area (Å²) in [5.41, 5.74) is 1.06. The Kier molecular flexibility index (Phi) is 9.32. The predicted octanol–water partition coefficient (Wildman–Crippen LogP) is 3.59. The number of benzene rings is 1. The van der Waals surface area contributed by atoms with Gasteiger partial charge in [0, 0.05) is 28.9 Å². The minimum Gasteiger partial charge on any atom is -0.481 e. The van der Waals surface area contributed by atoms with Crippen LogP contribution in [0.2, 0.25) is 5.02 Å². The topological polar surface area (TPSA) is 107 Å². The SMILES string of the molecule is CN(C)C1(Cc2ccccc2Cl)CCC(NC(=O)C(CCCC(=O)O)CC(=O)O)CC1. The molecule has 0 heterocycles. The van der Waals surface area contributed by atoms with E-state index in [1.165, 1.54) is 0 Å². The number of carbonyl (C=O) groups excluding carboxylic acids is 1. The first-order valence-electron chi connectivity index (χ1n) is 10.8. The molecule has 1 aliphatic rings. The van der Waals surface area contributed by atoms with Crippen LogP contribution in [0.15, 0.2) is 24.3 Å². The molecule has 0 radical (unpaired) electrons. The van der Waals surface area contributed by atoms with Gasteiger partial charge in [0.1, 0.15) is 0 Å². The van der Waals surface area contributed by atoms with Crippen LogP contribution in [0.3, 0.4) is 0 Å². The molecule has 3 N–H and O–H groups in total. The molecule has 1 atom stereocenters. The Bertz CT molecular complexity index is 775. The molecular formula is C23H33ClN2O5. The van der Waals surface area contributed by atoms with Gasteiger partial charge in [0.25, 0.3) is 0 Å². The zero-order chi connectivity index (χ0) is 23.0. The lowest BCUT2D eigenvalue weighted by Crippen LogP contribution is -2.52. The number of halogens is 1. The lowest BCUT2D eigenvalue weighted by Gasteiger charge is -2.45. The number of carboxylic acids is 2. The van der Waals surface area contributed by atoms with E-state index < -0.39 is 17.9 Å². The number of aliphatic carboxylic acids is 2. The number of amides is 1. The molecule has 0 aromatic heterocycles. The molecule has 1 aliphatic carbocycles. The molecule has 7 nitrogen and oxygen atoms in total. The summed E-state index contributed by atoms with van der Waals surface area (Å²) in [5.74, 6) is -2.99. The molecule has 1 aromatic rings. The Morgan fingerprint density at radius 2 is 1.81 bits per heavy atom. The van der Waals surface area contributed by atoms with Gasteiger partial charge in [0.2, 0.25) is 5.91 Å². The molecule has 0 saturated heterocycles. The first-order valence-corrected chi connectivity index (χ1v) is 11.2. The van der Waals surface area contributed by atoms with Crippen molar-refractivity contribution in [3.63, 3.8) is 0 Å². The van der Waals surface area contributed by atoms with E-state index in [1.54, 1.807) is 0 Å². The lowest BCUT2D eigenvalue weighted by molar-refractivity contribution is -0.141. The molecule has 0 spiro atoms. The number of carbonyl (C=O) groups is 3. The molecule has 1 amide bonds. The van der Waals surface area contributed by atoms with E-state index in [1.807, 2.05) is 18.2 Å². The highest BCUT2D eigenvalue weighted by atomic mass is 35.5. The van der Waals surface area contributed by atoms with Gasteiger partial charge in [0.05, 0.1) is 6.42 Å². The monoisotopic (exact) mass is 452 g/mol. The minimum atomic E-state index is -1.05. The van der Waals surface area contributed by atoms with Gasteiger partial charge in [-0.05, 0) is 70.7 Å². The summed E-state index contributed by atoms with van der Waals surface area (Å²) < 4.78 is 0. The molecule has 1 aromatic carbocycles. The average molecular weight is 453 g/mol. The van der Waals surface area contributed by atoms with Crippen molar-refractivity contribution in [1.82, 2.24) is 10.2 Å². The quantitative estimate of drug-likeness (QED) is 0.473. The van der Waals surface area contributed by atoms with Gasteiger partial charge in [-0.25, -0.2) is 0 Å². The van der Waals surface area contributed by atoms with Gasteiger partial charge < -0.3 is 20.4 Å². The molecule has 1 fully saturated rings. The number of carboxylic acid groups (broad SMARTS) is 2. The number of likely N-dealkylation sites (N-methyl/N-ethyl adjacent to an activating group) is 1. The molecule has 0 bridgehead atoms. The molecule has 2 rings (SSSR count). The maximum Gasteiger partial charge on any atom is 0.304 e. The van der Waals surface area contributed by atoms with Crippen molar-refractivity contribution in [3.05, 3.63) is 34.9 Å². The summed E-state index contributed by atoms with van der Waals surface area (Å²) >= 11 is 6.38. The van der Waals surface area contributed by atoms with Gasteiger partial charge in [-0.2, -0.15) is 0 Å². The van der Waals surface area contributed by atoms with Crippen LogP contribution < -0.4 is 5.32 Å². The van der Waals surface area contributed by atoms with E-state index in [0.29, 0.717) is 0 Å². The summed E-state index contributed by atoms with van der Waals surface area (Å²) in [6.07, 6.45) is 4.38. The Labute approximate surface area is 188 Å². The largest absolute Gasteiger partial charge is 0.481 e. The zero-order valence-corrected chi connectivity index (χ0v) is 19.0. The molecule has 31 heavy (non-hydrogen) atoms. The summed E-state index contributed by atoms with van der Waals surface area (Å²) in [7, 11) is 4.14. The lowest BCUT2D eigenvalue weighted by atomic mass is 9.74. The second-order valence-corrected chi connectivity index (χ2v) is 9.16. The summed E-state index contributed by atoms with van der Waals surface area (Å²) in [6.45, 7) is 0. The summed E-state index contributed by atoms with van der Waals surface area (Å²) in [4.78, 5) is 36.8. The van der Waals surface area contributed by atoms with Crippen LogP contribution in [0.1, 0.15) is 56.9 Å². The molecular weight excluding hydrogens is 420 g/mol. The van der Waals surface area contributed by atoms with Crippen LogP contribution in [0.4, 0.5) is 0 Å². The smallest absolute Gasteiger partial charge is 0.304 e. The highest BCUT2D eigenvalue weighted by Gasteiger charge is 2.38. The number of hydrogen-bond donors (Lipinski definition) is 3. The van der Waals surface area contributed by atoms with Gasteiger partial charge in [-0.15, -0.1) is 0 Å². The van der Waals surface area contributed by atoms with Crippen LogP contribution in [-0.2, 0) is 20.8 Å². The molecule has 1 saturated carbocycles. The second kappa shape index (κ2) is 11.5. The first-order chi connectivity index (χ1) is 14.6. The Morgan fingerprint density at radius 3 is 2.35 bits per heavy atom. The Balaban J connectivity index is 1.97. The highest BCUT2D eigenvalue weighted by Crippen LogP contribution is 2.37. The van der Waals surface area contributed by atoms with Crippen molar-refractivity contribution < 1.29 is 24.6 Å².